The average molecular weight is 229 g/mol. The maximum absolute atomic E-state index is 10.7. The van der Waals surface area contributed by atoms with Gasteiger partial charge in [0.1, 0.15) is 6.04 Å². The zero-order valence-electron chi connectivity index (χ0n) is 9.02. The number of hydrogen-bond donors (Lipinski definition) is 2. The van der Waals surface area contributed by atoms with Crippen molar-refractivity contribution in [3.63, 3.8) is 0 Å². The highest BCUT2D eigenvalue weighted by Gasteiger charge is 2.15. The van der Waals surface area contributed by atoms with Gasteiger partial charge in [0.2, 0.25) is 0 Å². The molecule has 1 aromatic heterocycles. The molecule has 84 valence electrons. The predicted molar refractivity (Wildman–Crippen MR) is 59.2 cm³/mol. The van der Waals surface area contributed by atoms with Gasteiger partial charge in [0, 0.05) is 12.8 Å². The molecule has 2 N–H and O–H groups in total. The van der Waals surface area contributed by atoms with Gasteiger partial charge in [-0.15, -0.1) is 11.8 Å². The molecule has 1 heterocycles. The maximum Gasteiger partial charge on any atom is 0.321 e. The Morgan fingerprint density at radius 3 is 2.87 bits per heavy atom. The van der Waals surface area contributed by atoms with E-state index in [1.165, 1.54) is 11.8 Å². The summed E-state index contributed by atoms with van der Waals surface area (Å²) in [5.74, 6) is -0.339. The molecule has 0 aliphatic carbocycles. The van der Waals surface area contributed by atoms with Crippen molar-refractivity contribution >= 4 is 17.7 Å². The van der Waals surface area contributed by atoms with Gasteiger partial charge in [-0.2, -0.15) is 5.10 Å². The lowest BCUT2D eigenvalue weighted by molar-refractivity contribution is -0.138. The predicted octanol–water partition coefficient (Wildman–Crippen LogP) is 0.493. The van der Waals surface area contributed by atoms with Crippen molar-refractivity contribution in [2.45, 2.75) is 18.0 Å². The molecule has 0 fully saturated rings. The topological polar surface area (TPSA) is 67.2 Å². The summed E-state index contributed by atoms with van der Waals surface area (Å²) >= 11 is 1.49. The fourth-order valence-electron chi connectivity index (χ4n) is 1.17. The van der Waals surface area contributed by atoms with E-state index < -0.39 is 12.0 Å². The van der Waals surface area contributed by atoms with Crippen molar-refractivity contribution in [2.75, 3.05) is 12.8 Å². The zero-order chi connectivity index (χ0) is 11.4. The summed E-state index contributed by atoms with van der Waals surface area (Å²) in [5.41, 5.74) is 0.941. The van der Waals surface area contributed by atoms with Crippen LogP contribution in [0.2, 0.25) is 0 Å². The van der Waals surface area contributed by atoms with E-state index in [4.69, 9.17) is 5.11 Å². The van der Waals surface area contributed by atoms with Gasteiger partial charge in [0.15, 0.2) is 0 Å². The highest BCUT2D eigenvalue weighted by Crippen LogP contribution is 2.18. The van der Waals surface area contributed by atoms with Crippen LogP contribution in [0.4, 0.5) is 0 Å². The molecule has 0 saturated heterocycles. The molecule has 1 aromatic rings. The van der Waals surface area contributed by atoms with Crippen molar-refractivity contribution in [3.8, 4) is 0 Å². The number of carboxylic acids is 1. The molecule has 0 aliphatic heterocycles. The molecule has 0 spiro atoms. The highest BCUT2D eigenvalue weighted by molar-refractivity contribution is 7.99. The molecule has 0 radical (unpaired) electrons. The van der Waals surface area contributed by atoms with E-state index >= 15 is 0 Å². The van der Waals surface area contributed by atoms with Crippen molar-refractivity contribution in [2.24, 2.45) is 7.05 Å². The molecule has 1 atom stereocenters. The lowest BCUT2D eigenvalue weighted by Crippen LogP contribution is -2.36. The molecule has 6 heteroatoms. The van der Waals surface area contributed by atoms with Crippen LogP contribution in [0.25, 0.3) is 0 Å². The molecule has 0 aromatic carbocycles. The van der Waals surface area contributed by atoms with Gasteiger partial charge in [-0.05, 0) is 20.0 Å². The average Bonchev–Trinajstić information content (AvgIpc) is 2.45. The number of aliphatic carboxylic acids is 1. The van der Waals surface area contributed by atoms with Crippen LogP contribution < -0.4 is 5.32 Å². The molecule has 1 unspecified atom stereocenters. The Kier molecular flexibility index (Phi) is 4.16. The van der Waals surface area contributed by atoms with Gasteiger partial charge >= 0.3 is 5.97 Å². The Labute approximate surface area is 92.9 Å². The van der Waals surface area contributed by atoms with Gasteiger partial charge in [-0.1, -0.05) is 0 Å². The Hall–Kier alpha value is -1.01. The lowest BCUT2D eigenvalue weighted by atomic mass is 10.3. The van der Waals surface area contributed by atoms with Crippen molar-refractivity contribution in [1.29, 1.82) is 0 Å². The fourth-order valence-corrected chi connectivity index (χ4v) is 2.30. The molecule has 1 rings (SSSR count). The van der Waals surface area contributed by atoms with E-state index in [1.54, 1.807) is 11.7 Å². The molecular weight excluding hydrogens is 214 g/mol. The molecular formula is C9H15N3O2S. The smallest absolute Gasteiger partial charge is 0.321 e. The summed E-state index contributed by atoms with van der Waals surface area (Å²) in [6, 6.07) is 1.42. The first kappa shape index (κ1) is 12.1. The van der Waals surface area contributed by atoms with Crippen LogP contribution in [0.1, 0.15) is 5.69 Å². The minimum atomic E-state index is -0.830. The minimum absolute atomic E-state index is 0.491. The van der Waals surface area contributed by atoms with Crippen molar-refractivity contribution in [1.82, 2.24) is 15.1 Å². The summed E-state index contributed by atoms with van der Waals surface area (Å²) in [6.07, 6.45) is 0. The second kappa shape index (κ2) is 5.18. The number of aromatic nitrogens is 2. The maximum atomic E-state index is 10.7. The molecule has 0 saturated carbocycles. The van der Waals surface area contributed by atoms with Crippen LogP contribution in [-0.2, 0) is 11.8 Å². The Balaban J connectivity index is 2.56. The van der Waals surface area contributed by atoms with Gasteiger partial charge in [0.25, 0.3) is 0 Å². The number of nitrogens with one attached hydrogen (secondary N) is 1. The quantitative estimate of drug-likeness (QED) is 0.719. The first-order valence-corrected chi connectivity index (χ1v) is 5.56. The Morgan fingerprint density at radius 1 is 1.80 bits per heavy atom. The van der Waals surface area contributed by atoms with E-state index in [-0.39, 0.29) is 0 Å². The van der Waals surface area contributed by atoms with E-state index in [0.29, 0.717) is 5.75 Å². The van der Waals surface area contributed by atoms with Crippen LogP contribution >= 0.6 is 11.8 Å². The van der Waals surface area contributed by atoms with Crippen molar-refractivity contribution in [3.05, 3.63) is 11.8 Å². The van der Waals surface area contributed by atoms with Crippen LogP contribution in [0, 0.1) is 6.92 Å². The number of aryl methyl sites for hydroxylation is 2. The van der Waals surface area contributed by atoms with Crippen LogP contribution in [0.5, 0.6) is 0 Å². The molecule has 0 amide bonds. The number of carboxylic acid groups (broad SMARTS) is 1. The molecule has 15 heavy (non-hydrogen) atoms. The number of carbonyl (C=O) groups is 1. The number of rotatable bonds is 5. The minimum Gasteiger partial charge on any atom is -0.480 e. The fraction of sp³-hybridized carbons (Fsp3) is 0.556. The van der Waals surface area contributed by atoms with Gasteiger partial charge in [0.05, 0.1) is 10.7 Å². The number of nitrogens with zero attached hydrogens (tertiary/aromatic N) is 2. The second-order valence-corrected chi connectivity index (χ2v) is 4.28. The normalized spacial score (nSPS) is 12.7. The lowest BCUT2D eigenvalue weighted by Gasteiger charge is -2.09. The summed E-state index contributed by atoms with van der Waals surface area (Å²) < 4.78 is 1.76. The number of likely N-dealkylation sites (N-methyl/N-ethyl adjacent to an activating group) is 1. The van der Waals surface area contributed by atoms with Crippen molar-refractivity contribution < 1.29 is 9.90 Å². The van der Waals surface area contributed by atoms with Gasteiger partial charge in [-0.25, -0.2) is 0 Å². The third kappa shape index (κ3) is 3.24. The van der Waals surface area contributed by atoms with E-state index in [9.17, 15) is 4.79 Å². The Bertz CT molecular complexity index is 351. The summed E-state index contributed by atoms with van der Waals surface area (Å²) in [6.45, 7) is 1.91. The number of hydrogen-bond acceptors (Lipinski definition) is 4. The molecule has 0 bridgehead atoms. The zero-order valence-corrected chi connectivity index (χ0v) is 9.84. The first-order valence-electron chi connectivity index (χ1n) is 4.58. The van der Waals surface area contributed by atoms with Gasteiger partial charge in [-0.3, -0.25) is 9.48 Å². The number of thioether (sulfide) groups is 1. The highest BCUT2D eigenvalue weighted by atomic mass is 32.2. The summed E-state index contributed by atoms with van der Waals surface area (Å²) in [7, 11) is 3.50. The van der Waals surface area contributed by atoms with Crippen LogP contribution in [-0.4, -0.2) is 39.7 Å². The van der Waals surface area contributed by atoms with E-state index in [2.05, 4.69) is 10.4 Å². The molecule has 5 nitrogen and oxygen atoms in total. The largest absolute Gasteiger partial charge is 0.480 e. The monoisotopic (exact) mass is 229 g/mol. The standard InChI is InChI=1S/C9H15N3O2S/c1-6-4-8(12(3)11-6)15-5-7(10-2)9(13)14/h4,7,10H,5H2,1-3H3,(H,13,14). The first-order chi connectivity index (χ1) is 7.04. The van der Waals surface area contributed by atoms with E-state index in [0.717, 1.165) is 10.7 Å². The van der Waals surface area contributed by atoms with Crippen LogP contribution in [0.15, 0.2) is 11.1 Å². The Morgan fingerprint density at radius 2 is 2.47 bits per heavy atom. The third-order valence-corrected chi connectivity index (χ3v) is 3.18. The molecule has 0 aliphatic rings. The third-order valence-electron chi connectivity index (χ3n) is 2.00. The van der Waals surface area contributed by atoms with Gasteiger partial charge < -0.3 is 10.4 Å². The summed E-state index contributed by atoms with van der Waals surface area (Å²) in [5, 5.41) is 16.7. The second-order valence-electron chi connectivity index (χ2n) is 3.24. The van der Waals surface area contributed by atoms with E-state index in [1.807, 2.05) is 20.0 Å². The SMILES string of the molecule is CNC(CSc1cc(C)nn1C)C(=O)O. The van der Waals surface area contributed by atoms with Crippen LogP contribution in [0.3, 0.4) is 0 Å². The summed E-state index contributed by atoms with van der Waals surface area (Å²) in [4.78, 5) is 10.7.